The van der Waals surface area contributed by atoms with Gasteiger partial charge in [0.1, 0.15) is 12.1 Å². The van der Waals surface area contributed by atoms with Crippen molar-refractivity contribution in [3.05, 3.63) is 18.1 Å². The van der Waals surface area contributed by atoms with Crippen LogP contribution in [0.1, 0.15) is 56.6 Å². The first kappa shape index (κ1) is 14.9. The number of amides is 1. The Labute approximate surface area is 138 Å². The van der Waals surface area contributed by atoms with Crippen molar-refractivity contribution in [2.75, 3.05) is 25.0 Å². The first-order valence-corrected chi connectivity index (χ1v) is 9.06. The summed E-state index contributed by atoms with van der Waals surface area (Å²) < 4.78 is 0. The van der Waals surface area contributed by atoms with Gasteiger partial charge in [-0.2, -0.15) is 0 Å². The van der Waals surface area contributed by atoms with Crippen LogP contribution in [-0.2, 0) is 4.79 Å². The molecule has 1 saturated heterocycles. The SMILES string of the molecule is CN(C(=O)C1CCC1)C1CCCN(c2cc(C3CC3)ncn2)C1. The normalized spacial score (nSPS) is 25.1. The number of likely N-dealkylation sites (N-methyl/N-ethyl adjacent to an activating group) is 1. The highest BCUT2D eigenvalue weighted by atomic mass is 16.2. The molecular formula is C18H26N4O. The van der Waals surface area contributed by atoms with Crippen LogP contribution in [0.5, 0.6) is 0 Å². The Morgan fingerprint density at radius 2 is 2.00 bits per heavy atom. The van der Waals surface area contributed by atoms with Crippen LogP contribution in [0.4, 0.5) is 5.82 Å². The van der Waals surface area contributed by atoms with Gasteiger partial charge in [-0.3, -0.25) is 4.79 Å². The number of hydrogen-bond acceptors (Lipinski definition) is 4. The number of aromatic nitrogens is 2. The molecule has 3 aliphatic rings. The Morgan fingerprint density at radius 3 is 2.70 bits per heavy atom. The van der Waals surface area contributed by atoms with Crippen molar-refractivity contribution < 1.29 is 4.79 Å². The molecule has 0 aromatic carbocycles. The lowest BCUT2D eigenvalue weighted by molar-refractivity contribution is -0.139. The number of anilines is 1. The molecule has 124 valence electrons. The van der Waals surface area contributed by atoms with Crippen molar-refractivity contribution in [3.8, 4) is 0 Å². The molecule has 0 N–H and O–H groups in total. The van der Waals surface area contributed by atoms with Crippen molar-refractivity contribution in [2.24, 2.45) is 5.92 Å². The van der Waals surface area contributed by atoms with Crippen molar-refractivity contribution in [1.29, 1.82) is 0 Å². The molecule has 3 fully saturated rings. The summed E-state index contributed by atoms with van der Waals surface area (Å²) in [5.74, 6) is 2.33. The fraction of sp³-hybridized carbons (Fsp3) is 0.722. The summed E-state index contributed by atoms with van der Waals surface area (Å²) in [6, 6.07) is 2.48. The molecule has 2 saturated carbocycles. The summed E-state index contributed by atoms with van der Waals surface area (Å²) in [5, 5.41) is 0. The van der Waals surface area contributed by atoms with Crippen molar-refractivity contribution in [2.45, 2.75) is 56.9 Å². The van der Waals surface area contributed by atoms with Crippen LogP contribution in [0, 0.1) is 5.92 Å². The predicted molar refractivity (Wildman–Crippen MR) is 89.4 cm³/mol. The maximum absolute atomic E-state index is 12.5. The van der Waals surface area contributed by atoms with Gasteiger partial charge in [-0.15, -0.1) is 0 Å². The van der Waals surface area contributed by atoms with Crippen LogP contribution in [-0.4, -0.2) is 47.0 Å². The molecule has 0 bridgehead atoms. The van der Waals surface area contributed by atoms with Crippen LogP contribution in [0.2, 0.25) is 0 Å². The van der Waals surface area contributed by atoms with Gasteiger partial charge in [0.2, 0.25) is 5.91 Å². The Hall–Kier alpha value is -1.65. The summed E-state index contributed by atoms with van der Waals surface area (Å²) in [5.41, 5.74) is 1.19. The zero-order valence-corrected chi connectivity index (χ0v) is 13.9. The Balaban J connectivity index is 1.44. The van der Waals surface area contributed by atoms with Crippen LogP contribution >= 0.6 is 0 Å². The minimum Gasteiger partial charge on any atom is -0.354 e. The minimum absolute atomic E-state index is 0.288. The molecule has 1 aromatic rings. The predicted octanol–water partition coefficient (Wildman–Crippen LogP) is 2.58. The molecule has 0 spiro atoms. The van der Waals surface area contributed by atoms with E-state index in [9.17, 15) is 4.79 Å². The molecule has 5 nitrogen and oxygen atoms in total. The molecule has 2 aliphatic carbocycles. The molecule has 5 heteroatoms. The second kappa shape index (κ2) is 6.10. The Kier molecular flexibility index (Phi) is 3.95. The van der Waals surface area contributed by atoms with Gasteiger partial charge in [0.05, 0.1) is 0 Å². The van der Waals surface area contributed by atoms with Gasteiger partial charge in [-0.1, -0.05) is 6.42 Å². The highest BCUT2D eigenvalue weighted by Gasteiger charge is 2.33. The lowest BCUT2D eigenvalue weighted by Gasteiger charge is -2.40. The first-order chi connectivity index (χ1) is 11.2. The van der Waals surface area contributed by atoms with Crippen LogP contribution in [0.15, 0.2) is 12.4 Å². The minimum atomic E-state index is 0.288. The zero-order valence-electron chi connectivity index (χ0n) is 13.9. The lowest BCUT2D eigenvalue weighted by Crippen LogP contribution is -2.51. The van der Waals surface area contributed by atoms with Crippen LogP contribution in [0.25, 0.3) is 0 Å². The molecular weight excluding hydrogens is 288 g/mol. The van der Waals surface area contributed by atoms with E-state index in [0.29, 0.717) is 17.9 Å². The summed E-state index contributed by atoms with van der Waals surface area (Å²) >= 11 is 0. The first-order valence-electron chi connectivity index (χ1n) is 9.06. The third kappa shape index (κ3) is 3.06. The van der Waals surface area contributed by atoms with Gasteiger partial charge in [0.15, 0.2) is 0 Å². The number of carbonyl (C=O) groups is 1. The number of hydrogen-bond donors (Lipinski definition) is 0. The number of rotatable bonds is 4. The summed E-state index contributed by atoms with van der Waals surface area (Å²) in [4.78, 5) is 25.8. The topological polar surface area (TPSA) is 49.3 Å². The number of nitrogens with zero attached hydrogens (tertiary/aromatic N) is 4. The highest BCUT2D eigenvalue weighted by molar-refractivity contribution is 5.79. The third-order valence-corrected chi connectivity index (χ3v) is 5.74. The maximum Gasteiger partial charge on any atom is 0.225 e. The third-order valence-electron chi connectivity index (χ3n) is 5.74. The van der Waals surface area contributed by atoms with E-state index in [0.717, 1.165) is 44.6 Å². The molecule has 1 aliphatic heterocycles. The van der Waals surface area contributed by atoms with Gasteiger partial charge in [0.25, 0.3) is 0 Å². The van der Waals surface area contributed by atoms with Crippen molar-refractivity contribution in [3.63, 3.8) is 0 Å². The fourth-order valence-electron chi connectivity index (χ4n) is 3.74. The largest absolute Gasteiger partial charge is 0.354 e. The number of carbonyl (C=O) groups excluding carboxylic acids is 1. The molecule has 4 rings (SSSR count). The second-order valence-corrected chi connectivity index (χ2v) is 7.39. The number of piperidine rings is 1. The lowest BCUT2D eigenvalue weighted by atomic mass is 9.84. The van der Waals surface area contributed by atoms with Crippen molar-refractivity contribution >= 4 is 11.7 Å². The molecule has 1 unspecified atom stereocenters. The van der Waals surface area contributed by atoms with Crippen LogP contribution < -0.4 is 4.90 Å². The standard InChI is InChI=1S/C18H26N4O/c1-21(18(23)14-4-2-5-14)15-6-3-9-22(11-15)17-10-16(13-7-8-13)19-12-20-17/h10,12-15H,2-9,11H2,1H3. The zero-order chi connectivity index (χ0) is 15.8. The average Bonchev–Trinajstić information content (AvgIpc) is 3.38. The maximum atomic E-state index is 12.5. The second-order valence-electron chi connectivity index (χ2n) is 7.39. The van der Waals surface area contributed by atoms with E-state index in [2.05, 4.69) is 20.9 Å². The van der Waals surface area contributed by atoms with E-state index in [1.54, 1.807) is 6.33 Å². The summed E-state index contributed by atoms with van der Waals surface area (Å²) in [6.45, 7) is 1.93. The summed E-state index contributed by atoms with van der Waals surface area (Å²) in [6.07, 6.45) is 9.82. The highest BCUT2D eigenvalue weighted by Crippen LogP contribution is 2.39. The Bertz CT molecular complexity index is 582. The van der Waals surface area contributed by atoms with E-state index in [4.69, 9.17) is 0 Å². The van der Waals surface area contributed by atoms with Crippen molar-refractivity contribution in [1.82, 2.24) is 14.9 Å². The molecule has 1 aromatic heterocycles. The van der Waals surface area contributed by atoms with Gasteiger partial charge in [-0.25, -0.2) is 9.97 Å². The molecule has 2 heterocycles. The van der Waals surface area contributed by atoms with E-state index in [1.165, 1.54) is 25.0 Å². The van der Waals surface area contributed by atoms with Gasteiger partial charge in [0, 0.05) is 49.8 Å². The smallest absolute Gasteiger partial charge is 0.225 e. The van der Waals surface area contributed by atoms with E-state index < -0.39 is 0 Å². The van der Waals surface area contributed by atoms with E-state index in [1.807, 2.05) is 11.9 Å². The molecule has 0 radical (unpaired) electrons. The van der Waals surface area contributed by atoms with Crippen LogP contribution in [0.3, 0.4) is 0 Å². The summed E-state index contributed by atoms with van der Waals surface area (Å²) in [7, 11) is 1.99. The van der Waals surface area contributed by atoms with E-state index >= 15 is 0 Å². The van der Waals surface area contributed by atoms with E-state index in [-0.39, 0.29) is 5.92 Å². The average molecular weight is 314 g/mol. The molecule has 23 heavy (non-hydrogen) atoms. The molecule has 1 atom stereocenters. The van der Waals surface area contributed by atoms with Gasteiger partial charge in [-0.05, 0) is 38.5 Å². The van der Waals surface area contributed by atoms with Gasteiger partial charge >= 0.3 is 0 Å². The van der Waals surface area contributed by atoms with Gasteiger partial charge < -0.3 is 9.80 Å². The monoisotopic (exact) mass is 314 g/mol. The Morgan fingerprint density at radius 1 is 1.17 bits per heavy atom. The molecule has 1 amide bonds. The fourth-order valence-corrected chi connectivity index (χ4v) is 3.74. The quantitative estimate of drug-likeness (QED) is 0.857.